The van der Waals surface area contributed by atoms with Gasteiger partial charge >= 0.3 is 0 Å². The lowest BCUT2D eigenvalue weighted by molar-refractivity contribution is -0.139. The molecule has 1 atom stereocenters. The van der Waals surface area contributed by atoms with Crippen molar-refractivity contribution in [2.24, 2.45) is 5.41 Å². The first-order valence-corrected chi connectivity index (χ1v) is 9.78. The maximum Gasteiger partial charge on any atom is 0.254 e. The highest BCUT2D eigenvalue weighted by Gasteiger charge is 2.42. The van der Waals surface area contributed by atoms with Crippen molar-refractivity contribution in [3.05, 3.63) is 23.9 Å². The molecule has 1 aromatic heterocycles. The van der Waals surface area contributed by atoms with E-state index in [0.29, 0.717) is 17.8 Å². The van der Waals surface area contributed by atoms with Gasteiger partial charge in [0, 0.05) is 63.4 Å². The molecule has 2 saturated heterocycles. The lowest BCUT2D eigenvalue weighted by atomic mass is 9.73. The Hall–Kier alpha value is -2.15. The van der Waals surface area contributed by atoms with E-state index < -0.39 is 0 Å². The summed E-state index contributed by atoms with van der Waals surface area (Å²) in [7, 11) is 5.85. The number of anilines is 1. The maximum absolute atomic E-state index is 13.0. The van der Waals surface area contributed by atoms with Crippen molar-refractivity contribution in [3.63, 3.8) is 0 Å². The van der Waals surface area contributed by atoms with Crippen LogP contribution in [-0.2, 0) is 4.79 Å². The first-order chi connectivity index (χ1) is 12.9. The van der Waals surface area contributed by atoms with Crippen LogP contribution < -0.4 is 5.32 Å². The Morgan fingerprint density at radius 3 is 2.89 bits per heavy atom. The van der Waals surface area contributed by atoms with E-state index >= 15 is 0 Å². The van der Waals surface area contributed by atoms with Crippen LogP contribution in [0.25, 0.3) is 0 Å². The lowest BCUT2D eigenvalue weighted by Gasteiger charge is -2.48. The Labute approximate surface area is 161 Å². The quantitative estimate of drug-likeness (QED) is 0.848. The van der Waals surface area contributed by atoms with E-state index in [-0.39, 0.29) is 17.2 Å². The smallest absolute Gasteiger partial charge is 0.254 e. The minimum atomic E-state index is 0.0347. The van der Waals surface area contributed by atoms with Gasteiger partial charge in [-0.05, 0) is 45.5 Å². The van der Waals surface area contributed by atoms with Crippen molar-refractivity contribution < 1.29 is 9.59 Å². The number of nitrogens with one attached hydrogen (secondary N) is 1. The van der Waals surface area contributed by atoms with Gasteiger partial charge in [-0.1, -0.05) is 0 Å². The standard InChI is InChI=1S/C20H31N5O2/c1-21-17-13-16(6-9-22-17)19(27)25-10-4-7-20(15-25)8-5-18(26)24(14-20)12-11-23(2)3/h6,9,13H,4-5,7-8,10-12,14-15H2,1-3H3,(H,21,22). The van der Waals surface area contributed by atoms with Crippen molar-refractivity contribution >= 4 is 17.6 Å². The fourth-order valence-corrected chi connectivity index (χ4v) is 4.22. The van der Waals surface area contributed by atoms with Crippen LogP contribution in [0.15, 0.2) is 18.3 Å². The minimum Gasteiger partial charge on any atom is -0.373 e. The van der Waals surface area contributed by atoms with Crippen molar-refractivity contribution in [1.29, 1.82) is 0 Å². The summed E-state index contributed by atoms with van der Waals surface area (Å²) in [6, 6.07) is 3.58. The van der Waals surface area contributed by atoms with Crippen LogP contribution in [0.4, 0.5) is 5.82 Å². The molecule has 3 rings (SSSR count). The molecule has 0 bridgehead atoms. The number of carbonyl (C=O) groups is 2. The van der Waals surface area contributed by atoms with Gasteiger partial charge in [-0.2, -0.15) is 0 Å². The second kappa shape index (κ2) is 8.25. The average Bonchev–Trinajstić information content (AvgIpc) is 2.68. The molecule has 3 heterocycles. The van der Waals surface area contributed by atoms with Crippen molar-refractivity contribution in [3.8, 4) is 0 Å². The number of piperidine rings is 2. The summed E-state index contributed by atoms with van der Waals surface area (Å²) in [6.07, 6.45) is 5.22. The topological polar surface area (TPSA) is 68.8 Å². The van der Waals surface area contributed by atoms with Gasteiger partial charge in [0.1, 0.15) is 5.82 Å². The Balaban J connectivity index is 1.70. The molecular weight excluding hydrogens is 342 g/mol. The van der Waals surface area contributed by atoms with E-state index in [2.05, 4.69) is 15.2 Å². The van der Waals surface area contributed by atoms with Crippen LogP contribution in [0.3, 0.4) is 0 Å². The third-order valence-corrected chi connectivity index (χ3v) is 5.78. The Kier molecular flexibility index (Phi) is 5.99. The van der Waals surface area contributed by atoms with Gasteiger partial charge in [-0.3, -0.25) is 9.59 Å². The summed E-state index contributed by atoms with van der Waals surface area (Å²) < 4.78 is 0. The van der Waals surface area contributed by atoms with Gasteiger partial charge in [0.05, 0.1) is 0 Å². The molecule has 27 heavy (non-hydrogen) atoms. The molecule has 1 aromatic rings. The molecule has 0 aliphatic carbocycles. The lowest BCUT2D eigenvalue weighted by Crippen LogP contribution is -2.55. The summed E-state index contributed by atoms with van der Waals surface area (Å²) in [5.41, 5.74) is 0.704. The molecular formula is C20H31N5O2. The molecule has 7 nitrogen and oxygen atoms in total. The van der Waals surface area contributed by atoms with E-state index in [9.17, 15) is 9.59 Å². The summed E-state index contributed by atoms with van der Waals surface area (Å²) in [5.74, 6) is 1.01. The van der Waals surface area contributed by atoms with Gasteiger partial charge in [-0.15, -0.1) is 0 Å². The number of aromatic nitrogens is 1. The van der Waals surface area contributed by atoms with E-state index in [1.54, 1.807) is 25.4 Å². The number of carbonyl (C=O) groups excluding carboxylic acids is 2. The second-order valence-electron chi connectivity index (χ2n) is 8.13. The van der Waals surface area contributed by atoms with Crippen molar-refractivity contribution in [2.75, 3.05) is 59.2 Å². The summed E-state index contributed by atoms with van der Waals surface area (Å²) >= 11 is 0. The van der Waals surface area contributed by atoms with Crippen LogP contribution >= 0.6 is 0 Å². The molecule has 1 spiro atoms. The largest absolute Gasteiger partial charge is 0.373 e. The zero-order valence-corrected chi connectivity index (χ0v) is 16.7. The molecule has 148 valence electrons. The minimum absolute atomic E-state index is 0.0347. The Bertz CT molecular complexity index is 693. The van der Waals surface area contributed by atoms with E-state index in [1.165, 1.54) is 0 Å². The SMILES string of the molecule is CNc1cc(C(=O)N2CCCC3(CCC(=O)N(CCN(C)C)C3)C2)ccn1. The zero-order valence-electron chi connectivity index (χ0n) is 16.7. The highest BCUT2D eigenvalue weighted by atomic mass is 16.2. The number of likely N-dealkylation sites (tertiary alicyclic amines) is 2. The molecule has 2 fully saturated rings. The number of pyridine rings is 1. The molecule has 7 heteroatoms. The van der Waals surface area contributed by atoms with Gasteiger partial charge in [-0.25, -0.2) is 4.98 Å². The first kappa shape index (κ1) is 19.6. The summed E-state index contributed by atoms with van der Waals surface area (Å²) in [6.45, 7) is 3.91. The maximum atomic E-state index is 13.0. The van der Waals surface area contributed by atoms with Gasteiger partial charge in [0.25, 0.3) is 5.91 Å². The van der Waals surface area contributed by atoms with Crippen LogP contribution in [-0.4, -0.2) is 85.4 Å². The first-order valence-electron chi connectivity index (χ1n) is 9.78. The highest BCUT2D eigenvalue weighted by molar-refractivity contribution is 5.95. The normalized spacial score (nSPS) is 23.2. The molecule has 2 aliphatic heterocycles. The van der Waals surface area contributed by atoms with Crippen LogP contribution in [0, 0.1) is 5.41 Å². The van der Waals surface area contributed by atoms with Crippen LogP contribution in [0.5, 0.6) is 0 Å². The van der Waals surface area contributed by atoms with Crippen LogP contribution in [0.2, 0.25) is 0 Å². The van der Waals surface area contributed by atoms with Crippen LogP contribution in [0.1, 0.15) is 36.0 Å². The monoisotopic (exact) mass is 373 g/mol. The molecule has 0 radical (unpaired) electrons. The summed E-state index contributed by atoms with van der Waals surface area (Å²) in [4.78, 5) is 35.7. The van der Waals surface area contributed by atoms with Crippen molar-refractivity contribution in [1.82, 2.24) is 19.7 Å². The number of hydrogen-bond donors (Lipinski definition) is 1. The third-order valence-electron chi connectivity index (χ3n) is 5.78. The average molecular weight is 374 g/mol. The number of nitrogens with zero attached hydrogens (tertiary/aromatic N) is 4. The number of likely N-dealkylation sites (N-methyl/N-ethyl adjacent to an activating group) is 1. The van der Waals surface area contributed by atoms with E-state index in [1.807, 2.05) is 23.9 Å². The number of amides is 2. The van der Waals surface area contributed by atoms with E-state index in [4.69, 9.17) is 0 Å². The van der Waals surface area contributed by atoms with Gasteiger partial charge < -0.3 is 20.0 Å². The molecule has 2 amide bonds. The van der Waals surface area contributed by atoms with Gasteiger partial charge in [0.15, 0.2) is 0 Å². The predicted octanol–water partition coefficient (Wildman–Crippen LogP) is 1.53. The van der Waals surface area contributed by atoms with E-state index in [0.717, 1.165) is 52.0 Å². The highest BCUT2D eigenvalue weighted by Crippen LogP contribution is 2.39. The molecule has 1 unspecified atom stereocenters. The predicted molar refractivity (Wildman–Crippen MR) is 106 cm³/mol. The molecule has 0 aromatic carbocycles. The zero-order chi connectivity index (χ0) is 19.4. The third kappa shape index (κ3) is 4.58. The molecule has 2 aliphatic rings. The number of hydrogen-bond acceptors (Lipinski definition) is 5. The molecule has 0 saturated carbocycles. The fourth-order valence-electron chi connectivity index (χ4n) is 4.22. The second-order valence-corrected chi connectivity index (χ2v) is 8.13. The fraction of sp³-hybridized carbons (Fsp3) is 0.650. The molecule has 1 N–H and O–H groups in total. The summed E-state index contributed by atoms with van der Waals surface area (Å²) in [5, 5.41) is 2.99. The Morgan fingerprint density at radius 1 is 1.33 bits per heavy atom. The number of rotatable bonds is 5. The van der Waals surface area contributed by atoms with Crippen molar-refractivity contribution in [2.45, 2.75) is 25.7 Å². The Morgan fingerprint density at radius 2 is 2.15 bits per heavy atom. The van der Waals surface area contributed by atoms with Gasteiger partial charge in [0.2, 0.25) is 5.91 Å².